The van der Waals surface area contributed by atoms with E-state index in [2.05, 4.69) is 5.32 Å². The van der Waals surface area contributed by atoms with Crippen LogP contribution in [0.1, 0.15) is 19.3 Å². The van der Waals surface area contributed by atoms with Crippen LogP contribution >= 0.6 is 0 Å². The van der Waals surface area contributed by atoms with Crippen molar-refractivity contribution in [3.05, 3.63) is 0 Å². The van der Waals surface area contributed by atoms with E-state index in [4.69, 9.17) is 0 Å². The molecular formula is C8H13N. The number of piperidine rings is 2. The van der Waals surface area contributed by atoms with E-state index in [-0.39, 0.29) is 0 Å². The lowest BCUT2D eigenvalue weighted by Crippen LogP contribution is -2.46. The Kier molecular flexibility index (Phi) is 0.704. The molecule has 0 aromatic rings. The van der Waals surface area contributed by atoms with Crippen LogP contribution in [0.3, 0.4) is 0 Å². The van der Waals surface area contributed by atoms with Crippen LogP contribution in [0.2, 0.25) is 0 Å². The molecular weight excluding hydrogens is 110 g/mol. The molecule has 2 aliphatic carbocycles. The molecule has 4 aliphatic rings. The molecule has 2 saturated heterocycles. The minimum Gasteiger partial charge on any atom is -0.313 e. The van der Waals surface area contributed by atoms with Gasteiger partial charge in [0.1, 0.15) is 0 Å². The molecule has 2 heterocycles. The normalized spacial score (nSPS) is 61.3. The summed E-state index contributed by atoms with van der Waals surface area (Å²) in [7, 11) is 0. The quantitative estimate of drug-likeness (QED) is 0.507. The predicted molar refractivity (Wildman–Crippen MR) is 36.1 cm³/mol. The van der Waals surface area contributed by atoms with Gasteiger partial charge in [-0.2, -0.15) is 0 Å². The fourth-order valence-electron chi connectivity index (χ4n) is 2.87. The van der Waals surface area contributed by atoms with E-state index < -0.39 is 0 Å². The highest BCUT2D eigenvalue weighted by Gasteiger charge is 2.53. The highest BCUT2D eigenvalue weighted by atomic mass is 15.0. The van der Waals surface area contributed by atoms with Crippen molar-refractivity contribution in [2.75, 3.05) is 6.54 Å². The van der Waals surface area contributed by atoms with Gasteiger partial charge in [-0.05, 0) is 43.6 Å². The Morgan fingerprint density at radius 1 is 1.11 bits per heavy atom. The van der Waals surface area contributed by atoms with Crippen LogP contribution in [-0.2, 0) is 0 Å². The van der Waals surface area contributed by atoms with Crippen molar-refractivity contribution in [3.8, 4) is 0 Å². The summed E-state index contributed by atoms with van der Waals surface area (Å²) in [6, 6.07) is 0.944. The van der Waals surface area contributed by atoms with E-state index >= 15 is 0 Å². The molecule has 1 N–H and O–H groups in total. The lowest BCUT2D eigenvalue weighted by Gasteiger charge is -2.36. The van der Waals surface area contributed by atoms with Crippen LogP contribution in [0.5, 0.6) is 0 Å². The van der Waals surface area contributed by atoms with Crippen molar-refractivity contribution in [2.45, 2.75) is 25.3 Å². The number of hydrogen-bond donors (Lipinski definition) is 1. The smallest absolute Gasteiger partial charge is 0.00984 e. The van der Waals surface area contributed by atoms with Gasteiger partial charge in [0.15, 0.2) is 0 Å². The zero-order chi connectivity index (χ0) is 5.84. The Balaban J connectivity index is 1.93. The summed E-state index contributed by atoms with van der Waals surface area (Å²) in [6.07, 6.45) is 4.56. The monoisotopic (exact) mass is 123 g/mol. The molecule has 50 valence electrons. The van der Waals surface area contributed by atoms with Gasteiger partial charge in [0, 0.05) is 6.04 Å². The number of hydrogen-bond acceptors (Lipinski definition) is 1. The molecule has 0 spiro atoms. The molecule has 0 radical (unpaired) electrons. The summed E-state index contributed by atoms with van der Waals surface area (Å²) in [5.74, 6) is 3.38. The van der Waals surface area contributed by atoms with Gasteiger partial charge in [-0.1, -0.05) is 0 Å². The van der Waals surface area contributed by atoms with E-state index in [9.17, 15) is 0 Å². The molecule has 4 atom stereocenters. The molecule has 4 fully saturated rings. The topological polar surface area (TPSA) is 12.0 Å². The van der Waals surface area contributed by atoms with Crippen molar-refractivity contribution < 1.29 is 0 Å². The second-order valence-electron chi connectivity index (χ2n) is 3.92. The SMILES string of the molecule is C1CC2NCC1C1CC21. The van der Waals surface area contributed by atoms with Crippen LogP contribution < -0.4 is 5.32 Å². The molecule has 1 nitrogen and oxygen atoms in total. The minimum absolute atomic E-state index is 0.944. The molecule has 4 rings (SSSR count). The molecule has 2 saturated carbocycles. The maximum Gasteiger partial charge on any atom is 0.00984 e. The van der Waals surface area contributed by atoms with Crippen LogP contribution in [0, 0.1) is 17.8 Å². The minimum atomic E-state index is 0.944. The third kappa shape index (κ3) is 0.493. The maximum atomic E-state index is 3.61. The first kappa shape index (κ1) is 4.73. The molecule has 1 heteroatoms. The second-order valence-corrected chi connectivity index (χ2v) is 3.92. The molecule has 0 aromatic heterocycles. The molecule has 0 aromatic carbocycles. The van der Waals surface area contributed by atoms with Crippen LogP contribution in [-0.4, -0.2) is 12.6 Å². The molecule has 9 heavy (non-hydrogen) atoms. The second kappa shape index (κ2) is 1.34. The first-order chi connectivity index (χ1) is 4.45. The summed E-state index contributed by atoms with van der Waals surface area (Å²) in [5.41, 5.74) is 0. The molecule has 2 bridgehead atoms. The van der Waals surface area contributed by atoms with Crippen molar-refractivity contribution in [2.24, 2.45) is 17.8 Å². The first-order valence-corrected chi connectivity index (χ1v) is 4.18. The standard InChI is InChI=1S/C8H13N/c1-2-8-7-3-6(7)5(1)4-9-8/h5-9H,1-4H2. The van der Waals surface area contributed by atoms with E-state index in [1.807, 2.05) is 0 Å². The van der Waals surface area contributed by atoms with Crippen molar-refractivity contribution >= 4 is 0 Å². The first-order valence-electron chi connectivity index (χ1n) is 4.18. The Bertz CT molecular complexity index is 120. The third-order valence-electron chi connectivity index (χ3n) is 3.50. The molecule has 4 unspecified atom stereocenters. The number of rotatable bonds is 0. The zero-order valence-corrected chi connectivity index (χ0v) is 5.64. The van der Waals surface area contributed by atoms with Crippen LogP contribution in [0.25, 0.3) is 0 Å². The summed E-state index contributed by atoms with van der Waals surface area (Å²) < 4.78 is 0. The van der Waals surface area contributed by atoms with Gasteiger partial charge in [-0.3, -0.25) is 0 Å². The van der Waals surface area contributed by atoms with Crippen molar-refractivity contribution in [1.29, 1.82) is 0 Å². The largest absolute Gasteiger partial charge is 0.313 e. The summed E-state index contributed by atoms with van der Waals surface area (Å²) >= 11 is 0. The van der Waals surface area contributed by atoms with Gasteiger partial charge in [0.05, 0.1) is 0 Å². The van der Waals surface area contributed by atoms with E-state index in [1.165, 1.54) is 25.3 Å². The highest BCUT2D eigenvalue weighted by molar-refractivity contribution is 5.06. The predicted octanol–water partition coefficient (Wildman–Crippen LogP) is 1.00. The number of fused-ring (bicyclic) bond motifs is 2. The van der Waals surface area contributed by atoms with Crippen molar-refractivity contribution in [1.82, 2.24) is 5.32 Å². The lowest BCUT2D eigenvalue weighted by atomic mass is 9.82. The van der Waals surface area contributed by atoms with E-state index in [1.54, 1.807) is 6.42 Å². The third-order valence-corrected chi connectivity index (χ3v) is 3.50. The van der Waals surface area contributed by atoms with Crippen molar-refractivity contribution in [3.63, 3.8) is 0 Å². The van der Waals surface area contributed by atoms with Crippen LogP contribution in [0.4, 0.5) is 0 Å². The van der Waals surface area contributed by atoms with Gasteiger partial charge in [0.25, 0.3) is 0 Å². The van der Waals surface area contributed by atoms with Gasteiger partial charge < -0.3 is 5.32 Å². The van der Waals surface area contributed by atoms with Gasteiger partial charge in [-0.15, -0.1) is 0 Å². The maximum absolute atomic E-state index is 3.61. The number of nitrogens with one attached hydrogen (secondary N) is 1. The van der Waals surface area contributed by atoms with Crippen LogP contribution in [0.15, 0.2) is 0 Å². The zero-order valence-electron chi connectivity index (χ0n) is 5.64. The molecule has 2 aliphatic heterocycles. The fourth-order valence-corrected chi connectivity index (χ4v) is 2.87. The average molecular weight is 123 g/mol. The average Bonchev–Trinajstić information content (AvgIpc) is 2.68. The van der Waals surface area contributed by atoms with Gasteiger partial charge in [-0.25, -0.2) is 0 Å². The van der Waals surface area contributed by atoms with Gasteiger partial charge in [0.2, 0.25) is 0 Å². The Labute approximate surface area is 55.8 Å². The Hall–Kier alpha value is -0.0400. The lowest BCUT2D eigenvalue weighted by molar-refractivity contribution is 0.198. The van der Waals surface area contributed by atoms with E-state index in [0.29, 0.717) is 0 Å². The fraction of sp³-hybridized carbons (Fsp3) is 1.00. The summed E-state index contributed by atoms with van der Waals surface area (Å²) in [5, 5.41) is 3.61. The Morgan fingerprint density at radius 2 is 2.11 bits per heavy atom. The van der Waals surface area contributed by atoms with Gasteiger partial charge >= 0.3 is 0 Å². The summed E-state index contributed by atoms with van der Waals surface area (Å²) in [6.45, 7) is 1.34. The Morgan fingerprint density at radius 3 is 2.56 bits per heavy atom. The molecule has 0 amide bonds. The summed E-state index contributed by atoms with van der Waals surface area (Å²) in [4.78, 5) is 0. The highest BCUT2D eigenvalue weighted by Crippen LogP contribution is 2.55. The van der Waals surface area contributed by atoms with E-state index in [0.717, 1.165) is 17.9 Å².